The van der Waals surface area contributed by atoms with E-state index in [0.29, 0.717) is 17.9 Å². The molecule has 2 aromatic heterocycles. The molecule has 5 nitrogen and oxygen atoms in total. The van der Waals surface area contributed by atoms with Crippen molar-refractivity contribution in [3.05, 3.63) is 89.2 Å². The van der Waals surface area contributed by atoms with Crippen molar-refractivity contribution in [2.45, 2.75) is 20.4 Å². The van der Waals surface area contributed by atoms with Gasteiger partial charge in [0.05, 0.1) is 7.11 Å². The smallest absolute Gasteiger partial charge is 0.270 e. The summed E-state index contributed by atoms with van der Waals surface area (Å²) in [5, 5.41) is 3.03. The van der Waals surface area contributed by atoms with Crippen LogP contribution in [0.5, 0.6) is 5.75 Å². The van der Waals surface area contributed by atoms with Crippen LogP contribution in [0.4, 0.5) is 0 Å². The van der Waals surface area contributed by atoms with E-state index in [-0.39, 0.29) is 5.91 Å². The van der Waals surface area contributed by atoms with Gasteiger partial charge in [-0.05, 0) is 43.2 Å². The Hall–Kier alpha value is -3.60. The summed E-state index contributed by atoms with van der Waals surface area (Å²) in [4.78, 5) is 17.9. The number of aryl methyl sites for hydroxylation is 2. The van der Waals surface area contributed by atoms with Crippen LogP contribution >= 0.6 is 0 Å². The molecule has 146 valence electrons. The number of hydrogen-bond acceptors (Lipinski definition) is 3. The van der Waals surface area contributed by atoms with E-state index >= 15 is 0 Å². The summed E-state index contributed by atoms with van der Waals surface area (Å²) >= 11 is 0. The number of carbonyl (C=O) groups excluding carboxylic acids is 1. The molecule has 0 saturated heterocycles. The summed E-state index contributed by atoms with van der Waals surface area (Å²) in [5.41, 5.74) is 6.13. The maximum absolute atomic E-state index is 13.2. The van der Waals surface area contributed by atoms with E-state index in [1.54, 1.807) is 7.11 Å². The first-order valence-corrected chi connectivity index (χ1v) is 9.52. The van der Waals surface area contributed by atoms with Crippen molar-refractivity contribution in [3.8, 4) is 17.0 Å². The lowest BCUT2D eigenvalue weighted by atomic mass is 10.1. The molecule has 1 amide bonds. The number of hydrogen-bond donors (Lipinski definition) is 1. The number of methoxy groups -OCH3 is 1. The number of aromatic nitrogens is 2. The Labute approximate surface area is 170 Å². The van der Waals surface area contributed by atoms with Gasteiger partial charge in [0.1, 0.15) is 22.8 Å². The summed E-state index contributed by atoms with van der Waals surface area (Å²) in [5.74, 6) is 0.633. The first kappa shape index (κ1) is 18.7. The number of benzene rings is 2. The highest BCUT2D eigenvalue weighted by atomic mass is 16.5. The molecule has 0 aliphatic rings. The predicted octanol–water partition coefficient (Wildman–Crippen LogP) is 4.56. The molecular weight excluding hydrogens is 362 g/mol. The fourth-order valence-electron chi connectivity index (χ4n) is 3.29. The van der Waals surface area contributed by atoms with Crippen LogP contribution in [0.3, 0.4) is 0 Å². The van der Waals surface area contributed by atoms with Gasteiger partial charge in [-0.2, -0.15) is 0 Å². The fraction of sp³-hybridized carbons (Fsp3) is 0.167. The number of amides is 1. The Balaban J connectivity index is 1.70. The predicted molar refractivity (Wildman–Crippen MR) is 114 cm³/mol. The van der Waals surface area contributed by atoms with Crippen molar-refractivity contribution in [1.29, 1.82) is 0 Å². The molecule has 4 rings (SSSR count). The Morgan fingerprint density at radius 3 is 2.34 bits per heavy atom. The van der Waals surface area contributed by atoms with Crippen LogP contribution in [0.2, 0.25) is 0 Å². The van der Waals surface area contributed by atoms with Gasteiger partial charge in [0, 0.05) is 18.3 Å². The first-order valence-electron chi connectivity index (χ1n) is 9.52. The molecular formula is C24H23N3O2. The average Bonchev–Trinajstić information content (AvgIpc) is 3.11. The van der Waals surface area contributed by atoms with Gasteiger partial charge < -0.3 is 10.1 Å². The second kappa shape index (κ2) is 7.80. The third kappa shape index (κ3) is 3.85. The van der Waals surface area contributed by atoms with Crippen LogP contribution in [-0.2, 0) is 6.54 Å². The summed E-state index contributed by atoms with van der Waals surface area (Å²) in [6.45, 7) is 4.47. The van der Waals surface area contributed by atoms with E-state index in [2.05, 4.69) is 5.32 Å². The van der Waals surface area contributed by atoms with E-state index in [1.165, 1.54) is 5.56 Å². The molecule has 0 saturated carbocycles. The summed E-state index contributed by atoms with van der Waals surface area (Å²) < 4.78 is 7.06. The summed E-state index contributed by atoms with van der Waals surface area (Å²) in [7, 11) is 1.64. The topological polar surface area (TPSA) is 55.6 Å². The van der Waals surface area contributed by atoms with Gasteiger partial charge in [-0.1, -0.05) is 48.0 Å². The number of imidazole rings is 1. The van der Waals surface area contributed by atoms with E-state index in [4.69, 9.17) is 9.72 Å². The number of nitrogens with zero attached hydrogens (tertiary/aromatic N) is 2. The van der Waals surface area contributed by atoms with Crippen LogP contribution in [-0.4, -0.2) is 22.4 Å². The monoisotopic (exact) mass is 385 g/mol. The molecule has 4 aromatic rings. The standard InChI is InChI=1S/C24H23N3O2/c1-16-4-9-19(10-5-16)22-23(27-15-17(2)6-13-21(27)26-22)24(28)25-14-18-7-11-20(29-3)12-8-18/h4-13,15H,14H2,1-3H3,(H,25,28). The van der Waals surface area contributed by atoms with Crippen molar-refractivity contribution < 1.29 is 9.53 Å². The Morgan fingerprint density at radius 2 is 1.66 bits per heavy atom. The third-order valence-corrected chi connectivity index (χ3v) is 4.92. The molecule has 0 unspecified atom stereocenters. The highest BCUT2D eigenvalue weighted by molar-refractivity contribution is 5.99. The van der Waals surface area contributed by atoms with Gasteiger partial charge >= 0.3 is 0 Å². The van der Waals surface area contributed by atoms with Gasteiger partial charge in [-0.25, -0.2) is 4.98 Å². The van der Waals surface area contributed by atoms with Crippen LogP contribution in [0.25, 0.3) is 16.9 Å². The van der Waals surface area contributed by atoms with Gasteiger partial charge in [0.15, 0.2) is 0 Å². The number of rotatable bonds is 5. The zero-order chi connectivity index (χ0) is 20.4. The lowest BCUT2D eigenvalue weighted by Gasteiger charge is -2.09. The van der Waals surface area contributed by atoms with Gasteiger partial charge in [0.2, 0.25) is 0 Å². The van der Waals surface area contributed by atoms with Crippen molar-refractivity contribution in [3.63, 3.8) is 0 Å². The Bertz CT molecular complexity index is 1160. The van der Waals surface area contributed by atoms with Crippen LogP contribution in [0, 0.1) is 13.8 Å². The lowest BCUT2D eigenvalue weighted by molar-refractivity contribution is 0.0945. The maximum Gasteiger partial charge on any atom is 0.270 e. The summed E-state index contributed by atoms with van der Waals surface area (Å²) in [6, 6.07) is 19.7. The fourth-order valence-corrected chi connectivity index (χ4v) is 3.29. The normalized spacial score (nSPS) is 10.9. The average molecular weight is 385 g/mol. The molecule has 2 aromatic carbocycles. The number of carbonyl (C=O) groups is 1. The molecule has 29 heavy (non-hydrogen) atoms. The number of ether oxygens (including phenoxy) is 1. The van der Waals surface area contributed by atoms with Gasteiger partial charge in [-0.15, -0.1) is 0 Å². The first-order chi connectivity index (χ1) is 14.0. The molecule has 0 bridgehead atoms. The SMILES string of the molecule is COc1ccc(CNC(=O)c2c(-c3ccc(C)cc3)nc3ccc(C)cn23)cc1. The molecule has 2 heterocycles. The number of pyridine rings is 1. The van der Waals surface area contributed by atoms with Gasteiger partial charge in [-0.3, -0.25) is 9.20 Å². The Morgan fingerprint density at radius 1 is 0.966 bits per heavy atom. The molecule has 1 N–H and O–H groups in total. The van der Waals surface area contributed by atoms with E-state index in [9.17, 15) is 4.79 Å². The summed E-state index contributed by atoms with van der Waals surface area (Å²) in [6.07, 6.45) is 1.95. The van der Waals surface area contributed by atoms with Crippen LogP contribution in [0.1, 0.15) is 27.2 Å². The largest absolute Gasteiger partial charge is 0.497 e. The lowest BCUT2D eigenvalue weighted by Crippen LogP contribution is -2.24. The Kier molecular flexibility index (Phi) is 5.04. The second-order valence-electron chi connectivity index (χ2n) is 7.14. The van der Waals surface area contributed by atoms with Crippen molar-refractivity contribution >= 4 is 11.6 Å². The number of nitrogens with one attached hydrogen (secondary N) is 1. The molecule has 0 radical (unpaired) electrons. The van der Waals surface area contributed by atoms with Crippen LogP contribution in [0.15, 0.2) is 66.9 Å². The zero-order valence-corrected chi connectivity index (χ0v) is 16.8. The third-order valence-electron chi connectivity index (χ3n) is 4.92. The van der Waals surface area contributed by atoms with Crippen molar-refractivity contribution in [2.24, 2.45) is 0 Å². The maximum atomic E-state index is 13.2. The highest BCUT2D eigenvalue weighted by Crippen LogP contribution is 2.25. The number of fused-ring (bicyclic) bond motifs is 1. The minimum Gasteiger partial charge on any atom is -0.497 e. The minimum atomic E-state index is -0.158. The molecule has 0 atom stereocenters. The van der Waals surface area contributed by atoms with E-state index in [1.807, 2.05) is 85.1 Å². The molecule has 5 heteroatoms. The molecule has 0 fully saturated rings. The molecule has 0 aliphatic heterocycles. The van der Waals surface area contributed by atoms with Crippen LogP contribution < -0.4 is 10.1 Å². The molecule has 0 spiro atoms. The highest BCUT2D eigenvalue weighted by Gasteiger charge is 2.20. The van der Waals surface area contributed by atoms with E-state index < -0.39 is 0 Å². The van der Waals surface area contributed by atoms with Gasteiger partial charge in [0.25, 0.3) is 5.91 Å². The van der Waals surface area contributed by atoms with Crippen molar-refractivity contribution in [2.75, 3.05) is 7.11 Å². The minimum absolute atomic E-state index is 0.158. The second-order valence-corrected chi connectivity index (χ2v) is 7.14. The molecule has 0 aliphatic carbocycles. The van der Waals surface area contributed by atoms with Crippen molar-refractivity contribution in [1.82, 2.24) is 14.7 Å². The van der Waals surface area contributed by atoms with E-state index in [0.717, 1.165) is 28.1 Å². The quantitative estimate of drug-likeness (QED) is 0.548. The zero-order valence-electron chi connectivity index (χ0n) is 16.8.